The highest BCUT2D eigenvalue weighted by Gasteiger charge is 2.09. The van der Waals surface area contributed by atoms with Crippen LogP contribution >= 0.6 is 0 Å². The van der Waals surface area contributed by atoms with E-state index in [4.69, 9.17) is 4.42 Å². The summed E-state index contributed by atoms with van der Waals surface area (Å²) in [7, 11) is 0. The predicted molar refractivity (Wildman–Crippen MR) is 137 cm³/mol. The number of allylic oxidation sites excluding steroid dienone is 2. The van der Waals surface area contributed by atoms with Gasteiger partial charge in [0.15, 0.2) is 5.76 Å². The molecule has 0 saturated heterocycles. The lowest BCUT2D eigenvalue weighted by molar-refractivity contribution is 0.589. The van der Waals surface area contributed by atoms with Crippen molar-refractivity contribution in [1.82, 2.24) is 4.98 Å². The first-order chi connectivity index (χ1) is 16.3. The van der Waals surface area contributed by atoms with Gasteiger partial charge in [-0.1, -0.05) is 121 Å². The molecule has 0 spiro atoms. The minimum atomic E-state index is 0.622. The highest BCUT2D eigenvalue weighted by atomic mass is 16.4. The van der Waals surface area contributed by atoms with E-state index in [1.165, 1.54) is 16.7 Å². The Morgan fingerprint density at radius 3 is 1.67 bits per heavy atom. The van der Waals surface area contributed by atoms with Crippen LogP contribution in [0.3, 0.4) is 0 Å². The molecule has 158 valence electrons. The van der Waals surface area contributed by atoms with Crippen LogP contribution in [0.25, 0.3) is 46.1 Å². The topological polar surface area (TPSA) is 26.0 Å². The molecule has 2 nitrogen and oxygen atoms in total. The maximum absolute atomic E-state index is 6.05. The molecule has 1 aromatic heterocycles. The first-order valence-electron chi connectivity index (χ1n) is 11.0. The van der Waals surface area contributed by atoms with Crippen LogP contribution in [0.1, 0.15) is 11.1 Å². The van der Waals surface area contributed by atoms with Gasteiger partial charge >= 0.3 is 0 Å². The first kappa shape index (κ1) is 20.5. The van der Waals surface area contributed by atoms with E-state index in [1.54, 1.807) is 6.20 Å². The molecule has 0 aliphatic heterocycles. The molecule has 0 atom stereocenters. The van der Waals surface area contributed by atoms with Crippen molar-refractivity contribution < 1.29 is 4.42 Å². The van der Waals surface area contributed by atoms with Gasteiger partial charge in [-0.15, -0.1) is 0 Å². The monoisotopic (exact) mass is 425 g/mol. The number of hydrogen-bond acceptors (Lipinski definition) is 2. The van der Waals surface area contributed by atoms with Crippen LogP contribution in [0.5, 0.6) is 0 Å². The van der Waals surface area contributed by atoms with E-state index in [-0.39, 0.29) is 0 Å². The second kappa shape index (κ2) is 9.80. The minimum Gasteiger partial charge on any atom is -0.436 e. The summed E-state index contributed by atoms with van der Waals surface area (Å²) < 4.78 is 6.05. The summed E-state index contributed by atoms with van der Waals surface area (Å²) in [4.78, 5) is 4.49. The SMILES string of the molecule is C(C=Cc1ccc(-c2ncc(-c3ccc(-c4ccccc4)cc3)o2)cc1)=Cc1ccccc1. The summed E-state index contributed by atoms with van der Waals surface area (Å²) in [6.45, 7) is 0. The summed E-state index contributed by atoms with van der Waals surface area (Å²) in [5.41, 5.74) is 6.66. The lowest BCUT2D eigenvalue weighted by Crippen LogP contribution is -1.79. The van der Waals surface area contributed by atoms with Gasteiger partial charge in [-0.25, -0.2) is 4.98 Å². The van der Waals surface area contributed by atoms with E-state index in [0.29, 0.717) is 5.89 Å². The quantitative estimate of drug-likeness (QED) is 0.255. The third kappa shape index (κ3) is 5.08. The predicted octanol–water partition coefficient (Wildman–Crippen LogP) is 8.40. The van der Waals surface area contributed by atoms with E-state index in [0.717, 1.165) is 22.5 Å². The molecule has 0 N–H and O–H groups in total. The molecule has 0 unspecified atom stereocenters. The van der Waals surface area contributed by atoms with Crippen molar-refractivity contribution in [2.24, 2.45) is 0 Å². The highest BCUT2D eigenvalue weighted by molar-refractivity contribution is 5.69. The van der Waals surface area contributed by atoms with Gasteiger partial charge in [0.25, 0.3) is 0 Å². The van der Waals surface area contributed by atoms with E-state index in [2.05, 4.69) is 89.9 Å². The Morgan fingerprint density at radius 1 is 0.485 bits per heavy atom. The largest absolute Gasteiger partial charge is 0.436 e. The highest BCUT2D eigenvalue weighted by Crippen LogP contribution is 2.28. The zero-order valence-corrected chi connectivity index (χ0v) is 18.1. The van der Waals surface area contributed by atoms with Gasteiger partial charge in [-0.2, -0.15) is 0 Å². The van der Waals surface area contributed by atoms with E-state index >= 15 is 0 Å². The van der Waals surface area contributed by atoms with Crippen LogP contribution in [0, 0.1) is 0 Å². The Labute approximate surface area is 194 Å². The molecule has 4 aromatic carbocycles. The second-order valence-corrected chi connectivity index (χ2v) is 7.72. The Morgan fingerprint density at radius 2 is 1.00 bits per heavy atom. The average Bonchev–Trinajstić information content (AvgIpc) is 3.39. The van der Waals surface area contributed by atoms with Crippen LogP contribution in [0.4, 0.5) is 0 Å². The Balaban J connectivity index is 1.26. The summed E-state index contributed by atoms with van der Waals surface area (Å²) in [6, 6.07) is 37.2. The molecule has 33 heavy (non-hydrogen) atoms. The van der Waals surface area contributed by atoms with Crippen LogP contribution in [0.2, 0.25) is 0 Å². The maximum atomic E-state index is 6.05. The van der Waals surface area contributed by atoms with E-state index < -0.39 is 0 Å². The molecular weight excluding hydrogens is 402 g/mol. The normalized spacial score (nSPS) is 11.4. The standard InChI is InChI=1S/C31H23NO/c1-3-9-24(10-4-1)11-7-8-12-25-15-17-29(18-16-25)31-32-23-30(33-31)28-21-19-27(20-22-28)26-13-5-2-6-14-26/h1-23H. The fourth-order valence-electron chi connectivity index (χ4n) is 3.63. The van der Waals surface area contributed by atoms with Crippen molar-refractivity contribution in [2.75, 3.05) is 0 Å². The molecule has 0 bridgehead atoms. The van der Waals surface area contributed by atoms with Gasteiger partial charge in [0.2, 0.25) is 5.89 Å². The summed E-state index contributed by atoms with van der Waals surface area (Å²) >= 11 is 0. The summed E-state index contributed by atoms with van der Waals surface area (Å²) in [5, 5.41) is 0. The lowest BCUT2D eigenvalue weighted by Gasteiger charge is -2.02. The number of benzene rings is 4. The third-order valence-corrected chi connectivity index (χ3v) is 5.43. The van der Waals surface area contributed by atoms with Crippen molar-refractivity contribution in [2.45, 2.75) is 0 Å². The van der Waals surface area contributed by atoms with Crippen LogP contribution in [-0.4, -0.2) is 4.98 Å². The molecular formula is C31H23NO. The molecule has 0 radical (unpaired) electrons. The Hall–Kier alpha value is -4.43. The van der Waals surface area contributed by atoms with Crippen LogP contribution in [-0.2, 0) is 0 Å². The lowest BCUT2D eigenvalue weighted by atomic mass is 10.0. The number of nitrogens with zero attached hydrogens (tertiary/aromatic N) is 1. The molecule has 0 saturated carbocycles. The van der Waals surface area contributed by atoms with Crippen LogP contribution in [0.15, 0.2) is 132 Å². The summed E-state index contributed by atoms with van der Waals surface area (Å²) in [6.07, 6.45) is 10.1. The number of rotatable bonds is 6. The van der Waals surface area contributed by atoms with Crippen LogP contribution < -0.4 is 0 Å². The fourth-order valence-corrected chi connectivity index (χ4v) is 3.63. The van der Waals surface area contributed by atoms with Gasteiger partial charge in [0, 0.05) is 11.1 Å². The van der Waals surface area contributed by atoms with Gasteiger partial charge in [-0.05, 0) is 34.4 Å². The number of aromatic nitrogens is 1. The van der Waals surface area contributed by atoms with Gasteiger partial charge < -0.3 is 4.42 Å². The fraction of sp³-hybridized carbons (Fsp3) is 0. The van der Waals surface area contributed by atoms with Crippen molar-refractivity contribution in [3.63, 3.8) is 0 Å². The molecule has 0 aliphatic carbocycles. The summed E-state index contributed by atoms with van der Waals surface area (Å²) in [5.74, 6) is 1.39. The molecule has 0 aliphatic rings. The molecule has 0 amide bonds. The van der Waals surface area contributed by atoms with E-state index in [1.807, 2.05) is 48.6 Å². The molecule has 2 heteroatoms. The van der Waals surface area contributed by atoms with Gasteiger partial charge in [0.1, 0.15) is 0 Å². The average molecular weight is 426 g/mol. The molecule has 1 heterocycles. The second-order valence-electron chi connectivity index (χ2n) is 7.72. The van der Waals surface area contributed by atoms with Crippen molar-refractivity contribution >= 4 is 12.2 Å². The first-order valence-corrected chi connectivity index (χ1v) is 11.0. The van der Waals surface area contributed by atoms with Crippen molar-refractivity contribution in [1.29, 1.82) is 0 Å². The zero-order valence-electron chi connectivity index (χ0n) is 18.1. The number of hydrogen-bond donors (Lipinski definition) is 0. The zero-order chi connectivity index (χ0) is 22.3. The Bertz CT molecular complexity index is 1360. The van der Waals surface area contributed by atoms with Crippen molar-refractivity contribution in [3.05, 3.63) is 139 Å². The maximum Gasteiger partial charge on any atom is 0.226 e. The van der Waals surface area contributed by atoms with Gasteiger partial charge in [-0.3, -0.25) is 0 Å². The molecule has 0 fully saturated rings. The molecule has 5 rings (SSSR count). The molecule has 5 aromatic rings. The van der Waals surface area contributed by atoms with E-state index in [9.17, 15) is 0 Å². The number of oxazole rings is 1. The Kier molecular flexibility index (Phi) is 6.08. The smallest absolute Gasteiger partial charge is 0.226 e. The third-order valence-electron chi connectivity index (χ3n) is 5.43. The minimum absolute atomic E-state index is 0.622. The van der Waals surface area contributed by atoms with Gasteiger partial charge in [0.05, 0.1) is 6.20 Å². The van der Waals surface area contributed by atoms with Crippen molar-refractivity contribution in [3.8, 4) is 33.9 Å².